The Labute approximate surface area is 113 Å². The Balaban J connectivity index is 2.09. The Kier molecular flexibility index (Phi) is 4.07. The van der Waals surface area contributed by atoms with E-state index in [4.69, 9.17) is 16.7 Å². The van der Waals surface area contributed by atoms with Crippen LogP contribution in [0.5, 0.6) is 0 Å². The van der Waals surface area contributed by atoms with Crippen LogP contribution in [0, 0.1) is 12.3 Å². The Morgan fingerprint density at radius 1 is 1.39 bits per heavy atom. The van der Waals surface area contributed by atoms with Crippen LogP contribution in [0.2, 0.25) is 5.15 Å². The number of aliphatic hydroxyl groups is 1. The van der Waals surface area contributed by atoms with E-state index in [1.807, 2.05) is 13.8 Å². The quantitative estimate of drug-likeness (QED) is 0.780. The van der Waals surface area contributed by atoms with Gasteiger partial charge in [0.2, 0.25) is 0 Å². The third-order valence-corrected chi connectivity index (χ3v) is 3.96. The van der Waals surface area contributed by atoms with Gasteiger partial charge in [-0.3, -0.25) is 0 Å². The predicted octanol–water partition coefficient (Wildman–Crippen LogP) is 2.58. The monoisotopic (exact) mass is 269 g/mol. The highest BCUT2D eigenvalue weighted by Crippen LogP contribution is 2.48. The molecule has 1 aliphatic carbocycles. The van der Waals surface area contributed by atoms with Crippen molar-refractivity contribution in [2.75, 3.05) is 18.5 Å². The van der Waals surface area contributed by atoms with Crippen molar-refractivity contribution in [1.29, 1.82) is 0 Å². The predicted molar refractivity (Wildman–Crippen MR) is 73.0 cm³/mol. The van der Waals surface area contributed by atoms with E-state index in [0.29, 0.717) is 11.0 Å². The molecule has 1 saturated carbocycles. The minimum Gasteiger partial charge on any atom is -0.396 e. The van der Waals surface area contributed by atoms with Crippen LogP contribution >= 0.6 is 11.6 Å². The Morgan fingerprint density at radius 2 is 2.11 bits per heavy atom. The van der Waals surface area contributed by atoms with E-state index in [9.17, 15) is 0 Å². The summed E-state index contributed by atoms with van der Waals surface area (Å²) in [6, 6.07) is 0. The van der Waals surface area contributed by atoms with Gasteiger partial charge in [0.15, 0.2) is 0 Å². The van der Waals surface area contributed by atoms with Gasteiger partial charge in [0.05, 0.1) is 0 Å². The molecule has 0 bridgehead atoms. The maximum Gasteiger partial charge on any atom is 0.138 e. The number of nitrogens with zero attached hydrogens (tertiary/aromatic N) is 2. The number of aryl methyl sites for hydroxylation is 1. The number of halogens is 1. The molecule has 0 saturated heterocycles. The summed E-state index contributed by atoms with van der Waals surface area (Å²) in [6.45, 7) is 5.00. The highest BCUT2D eigenvalue weighted by atomic mass is 35.5. The number of rotatable bonds is 6. The zero-order chi connectivity index (χ0) is 13.2. The summed E-state index contributed by atoms with van der Waals surface area (Å²) < 4.78 is 0. The minimum absolute atomic E-state index is 0.256. The molecule has 0 unspecified atom stereocenters. The van der Waals surface area contributed by atoms with Crippen molar-refractivity contribution in [2.45, 2.75) is 39.5 Å². The molecule has 100 valence electrons. The molecule has 1 aliphatic rings. The summed E-state index contributed by atoms with van der Waals surface area (Å²) in [6.07, 6.45) is 4.04. The molecule has 0 spiro atoms. The molecule has 2 rings (SSSR count). The molecule has 2 N–H and O–H groups in total. The first-order valence-electron chi connectivity index (χ1n) is 6.48. The lowest BCUT2D eigenvalue weighted by Gasteiger charge is -2.17. The van der Waals surface area contributed by atoms with Crippen LogP contribution in [0.15, 0.2) is 0 Å². The maximum atomic E-state index is 9.05. The van der Waals surface area contributed by atoms with Crippen molar-refractivity contribution in [3.05, 3.63) is 16.5 Å². The van der Waals surface area contributed by atoms with Crippen molar-refractivity contribution in [3.8, 4) is 0 Å². The molecule has 0 amide bonds. The Bertz CT molecular complexity index is 432. The molecule has 5 heteroatoms. The molecule has 0 aromatic carbocycles. The van der Waals surface area contributed by atoms with Gasteiger partial charge in [-0.05, 0) is 38.0 Å². The first-order chi connectivity index (χ1) is 8.60. The summed E-state index contributed by atoms with van der Waals surface area (Å²) >= 11 is 6.13. The molecule has 0 atom stereocenters. The van der Waals surface area contributed by atoms with Gasteiger partial charge in [-0.25, -0.2) is 9.97 Å². The molecular formula is C13H20ClN3O. The topological polar surface area (TPSA) is 58.0 Å². The third kappa shape index (κ3) is 2.93. The highest BCUT2D eigenvalue weighted by Gasteiger charge is 2.41. The molecule has 0 aliphatic heterocycles. The van der Waals surface area contributed by atoms with Gasteiger partial charge in [-0.15, -0.1) is 0 Å². The van der Waals surface area contributed by atoms with E-state index in [0.717, 1.165) is 30.8 Å². The van der Waals surface area contributed by atoms with Crippen LogP contribution in [0.25, 0.3) is 0 Å². The van der Waals surface area contributed by atoms with Crippen molar-refractivity contribution in [2.24, 2.45) is 5.41 Å². The van der Waals surface area contributed by atoms with Gasteiger partial charge in [-0.1, -0.05) is 18.5 Å². The molecule has 0 radical (unpaired) electrons. The summed E-state index contributed by atoms with van der Waals surface area (Å²) in [7, 11) is 0. The second-order valence-electron chi connectivity index (χ2n) is 5.07. The van der Waals surface area contributed by atoms with Gasteiger partial charge >= 0.3 is 0 Å². The normalized spacial score (nSPS) is 16.7. The van der Waals surface area contributed by atoms with Gasteiger partial charge in [0.25, 0.3) is 0 Å². The van der Waals surface area contributed by atoms with Crippen molar-refractivity contribution >= 4 is 17.4 Å². The molecule has 1 heterocycles. The number of hydrogen-bond acceptors (Lipinski definition) is 4. The van der Waals surface area contributed by atoms with Crippen molar-refractivity contribution in [3.63, 3.8) is 0 Å². The van der Waals surface area contributed by atoms with Crippen LogP contribution in [-0.2, 0) is 6.42 Å². The van der Waals surface area contributed by atoms with E-state index in [2.05, 4.69) is 15.3 Å². The second-order valence-corrected chi connectivity index (χ2v) is 5.43. The first kappa shape index (κ1) is 13.6. The van der Waals surface area contributed by atoms with Crippen LogP contribution in [0.4, 0.5) is 5.82 Å². The standard InChI is InChI=1S/C13H20ClN3O/c1-3-10-11(14)16-9(2)17-12(10)15-8-13(4-5-13)6-7-18/h18H,3-8H2,1-2H3,(H,15,16,17). The lowest BCUT2D eigenvalue weighted by atomic mass is 10.0. The number of hydrogen-bond donors (Lipinski definition) is 2. The SMILES string of the molecule is CCc1c(Cl)nc(C)nc1NCC1(CCO)CC1. The van der Waals surface area contributed by atoms with E-state index in [1.165, 1.54) is 12.8 Å². The Morgan fingerprint density at radius 3 is 2.67 bits per heavy atom. The summed E-state index contributed by atoms with van der Waals surface area (Å²) in [5.41, 5.74) is 1.24. The molecule has 18 heavy (non-hydrogen) atoms. The smallest absolute Gasteiger partial charge is 0.138 e. The van der Waals surface area contributed by atoms with E-state index >= 15 is 0 Å². The Hall–Kier alpha value is -0.870. The molecule has 1 aromatic rings. The largest absolute Gasteiger partial charge is 0.396 e. The van der Waals surface area contributed by atoms with Gasteiger partial charge in [0.1, 0.15) is 16.8 Å². The average molecular weight is 270 g/mol. The van der Waals surface area contributed by atoms with E-state index < -0.39 is 0 Å². The van der Waals surface area contributed by atoms with Crippen molar-refractivity contribution < 1.29 is 5.11 Å². The first-order valence-corrected chi connectivity index (χ1v) is 6.86. The van der Waals surface area contributed by atoms with Crippen molar-refractivity contribution in [1.82, 2.24) is 9.97 Å². The van der Waals surface area contributed by atoms with Crippen LogP contribution in [0.3, 0.4) is 0 Å². The molecular weight excluding hydrogens is 250 g/mol. The molecule has 4 nitrogen and oxygen atoms in total. The summed E-state index contributed by atoms with van der Waals surface area (Å²) in [5.74, 6) is 1.53. The minimum atomic E-state index is 0.256. The number of aliphatic hydroxyl groups excluding tert-OH is 1. The van der Waals surface area contributed by atoms with Gasteiger partial charge in [-0.2, -0.15) is 0 Å². The lowest BCUT2D eigenvalue weighted by molar-refractivity contribution is 0.253. The lowest BCUT2D eigenvalue weighted by Crippen LogP contribution is -2.19. The number of anilines is 1. The zero-order valence-electron chi connectivity index (χ0n) is 11.0. The average Bonchev–Trinajstić information content (AvgIpc) is 3.07. The number of nitrogens with one attached hydrogen (secondary N) is 1. The fraction of sp³-hybridized carbons (Fsp3) is 0.692. The number of aromatic nitrogens is 2. The van der Waals surface area contributed by atoms with Crippen LogP contribution in [0.1, 0.15) is 37.6 Å². The zero-order valence-corrected chi connectivity index (χ0v) is 11.7. The van der Waals surface area contributed by atoms with E-state index in [-0.39, 0.29) is 12.0 Å². The summed E-state index contributed by atoms with van der Waals surface area (Å²) in [4.78, 5) is 8.60. The van der Waals surface area contributed by atoms with Gasteiger partial charge < -0.3 is 10.4 Å². The van der Waals surface area contributed by atoms with E-state index in [1.54, 1.807) is 0 Å². The fourth-order valence-corrected chi connectivity index (χ4v) is 2.57. The highest BCUT2D eigenvalue weighted by molar-refractivity contribution is 6.30. The third-order valence-electron chi connectivity index (χ3n) is 3.65. The molecule has 1 aromatic heterocycles. The van der Waals surface area contributed by atoms with Crippen LogP contribution < -0.4 is 5.32 Å². The van der Waals surface area contributed by atoms with Crippen LogP contribution in [-0.4, -0.2) is 28.2 Å². The fourth-order valence-electron chi connectivity index (χ4n) is 2.22. The maximum absolute atomic E-state index is 9.05. The van der Waals surface area contributed by atoms with Gasteiger partial charge in [0, 0.05) is 18.7 Å². The molecule has 1 fully saturated rings. The second kappa shape index (κ2) is 5.41. The summed E-state index contributed by atoms with van der Waals surface area (Å²) in [5, 5.41) is 13.0.